The second kappa shape index (κ2) is 2.49. The Bertz CT molecular complexity index is 352. The van der Waals surface area contributed by atoms with Crippen molar-refractivity contribution in [2.75, 3.05) is 17.8 Å². The molecule has 0 spiro atoms. The number of aromatic amines is 1. The summed E-state index contributed by atoms with van der Waals surface area (Å²) in [5.41, 5.74) is 0. The Kier molecular flexibility index (Phi) is 1.59. The van der Waals surface area contributed by atoms with Crippen molar-refractivity contribution >= 4 is 16.0 Å². The zero-order chi connectivity index (χ0) is 8.60. The Balaban J connectivity index is 2.12. The van der Waals surface area contributed by atoms with Gasteiger partial charge in [0.05, 0.1) is 0 Å². The van der Waals surface area contributed by atoms with Crippen molar-refractivity contribution in [2.24, 2.45) is 0 Å². The molecular formula is C6H9N3O2S. The first-order chi connectivity index (χ1) is 5.68. The minimum atomic E-state index is -3.26. The summed E-state index contributed by atoms with van der Waals surface area (Å²) in [6.07, 6.45) is 1.67. The summed E-state index contributed by atoms with van der Waals surface area (Å²) in [7, 11) is -3.26. The molecule has 2 heterocycles. The van der Waals surface area contributed by atoms with Gasteiger partial charge < -0.3 is 4.98 Å². The third-order valence-corrected chi connectivity index (χ3v) is 3.11. The topological polar surface area (TPSA) is 65.0 Å². The van der Waals surface area contributed by atoms with E-state index in [2.05, 4.69) is 9.71 Å². The summed E-state index contributed by atoms with van der Waals surface area (Å²) in [4.78, 5) is 2.76. The molecule has 0 amide bonds. The number of nitrogens with one attached hydrogen (secondary N) is 2. The van der Waals surface area contributed by atoms with E-state index in [1.54, 1.807) is 18.3 Å². The van der Waals surface area contributed by atoms with Gasteiger partial charge in [-0.1, -0.05) is 0 Å². The number of anilines is 1. The summed E-state index contributed by atoms with van der Waals surface area (Å²) in [6.45, 7) is 1.24. The van der Waals surface area contributed by atoms with Crippen LogP contribution >= 0.6 is 0 Å². The number of hydrogen-bond donors (Lipinski definition) is 2. The number of H-pyrrole nitrogens is 1. The molecule has 0 aliphatic carbocycles. The lowest BCUT2D eigenvalue weighted by molar-refractivity contribution is 0.569. The van der Waals surface area contributed by atoms with Crippen molar-refractivity contribution in [1.29, 1.82) is 0 Å². The van der Waals surface area contributed by atoms with Crippen molar-refractivity contribution in [3.63, 3.8) is 0 Å². The molecule has 0 aromatic carbocycles. The van der Waals surface area contributed by atoms with Gasteiger partial charge in [0.25, 0.3) is 0 Å². The molecule has 1 aromatic heterocycles. The largest absolute Gasteiger partial charge is 0.348 e. The fourth-order valence-corrected chi connectivity index (χ4v) is 1.97. The third-order valence-electron chi connectivity index (χ3n) is 1.58. The molecule has 0 unspecified atom stereocenters. The van der Waals surface area contributed by atoms with Crippen molar-refractivity contribution in [2.45, 2.75) is 0 Å². The Morgan fingerprint density at radius 3 is 2.75 bits per heavy atom. The summed E-state index contributed by atoms with van der Waals surface area (Å²) >= 11 is 0. The van der Waals surface area contributed by atoms with Gasteiger partial charge in [0, 0.05) is 19.3 Å². The summed E-state index contributed by atoms with van der Waals surface area (Å²) < 4.78 is 26.3. The van der Waals surface area contributed by atoms with Crippen LogP contribution in [-0.4, -0.2) is 30.8 Å². The van der Waals surface area contributed by atoms with Crippen LogP contribution in [0.5, 0.6) is 0 Å². The van der Waals surface area contributed by atoms with E-state index in [1.807, 2.05) is 0 Å². The van der Waals surface area contributed by atoms with Gasteiger partial charge in [-0.25, -0.2) is 0 Å². The molecule has 6 heteroatoms. The van der Waals surface area contributed by atoms with Gasteiger partial charge in [-0.15, -0.1) is 0 Å². The molecule has 12 heavy (non-hydrogen) atoms. The highest BCUT2D eigenvalue weighted by Gasteiger charge is 2.31. The number of rotatable bonds is 3. The third kappa shape index (κ3) is 1.44. The van der Waals surface area contributed by atoms with E-state index < -0.39 is 10.2 Å². The van der Waals surface area contributed by atoms with Crippen LogP contribution < -0.4 is 4.72 Å². The highest BCUT2D eigenvalue weighted by molar-refractivity contribution is 7.90. The smallest absolute Gasteiger partial charge is 0.302 e. The van der Waals surface area contributed by atoms with Gasteiger partial charge in [-0.2, -0.15) is 12.7 Å². The van der Waals surface area contributed by atoms with Crippen LogP contribution in [0.4, 0.5) is 5.82 Å². The molecule has 1 aromatic rings. The number of nitrogens with zero attached hydrogens (tertiary/aromatic N) is 1. The van der Waals surface area contributed by atoms with E-state index >= 15 is 0 Å². The molecule has 0 bridgehead atoms. The molecule has 0 atom stereocenters. The van der Waals surface area contributed by atoms with E-state index in [0.717, 1.165) is 0 Å². The lowest BCUT2D eigenvalue weighted by Crippen LogP contribution is -2.20. The summed E-state index contributed by atoms with van der Waals surface area (Å²) in [6, 6.07) is 3.40. The molecule has 2 N–H and O–H groups in total. The SMILES string of the molecule is O=S(=O)(Nc1ccc[nH]1)N1CC1. The van der Waals surface area contributed by atoms with Crippen molar-refractivity contribution in [3.05, 3.63) is 18.3 Å². The van der Waals surface area contributed by atoms with E-state index in [1.165, 1.54) is 4.31 Å². The molecule has 1 fully saturated rings. The monoisotopic (exact) mass is 187 g/mol. The predicted molar refractivity (Wildman–Crippen MR) is 44.9 cm³/mol. The normalized spacial score (nSPS) is 17.7. The molecule has 1 saturated heterocycles. The molecule has 0 saturated carbocycles. The van der Waals surface area contributed by atoms with Crippen LogP contribution in [0.1, 0.15) is 0 Å². The van der Waals surface area contributed by atoms with Gasteiger partial charge in [0.1, 0.15) is 5.82 Å². The molecule has 5 nitrogen and oxygen atoms in total. The van der Waals surface area contributed by atoms with Gasteiger partial charge in [0.2, 0.25) is 0 Å². The standard InChI is InChI=1S/C6H9N3O2S/c10-12(11,9-4-5-9)8-6-2-1-3-7-6/h1-3,7-8H,4-5H2. The quantitative estimate of drug-likeness (QED) is 0.653. The Morgan fingerprint density at radius 1 is 1.50 bits per heavy atom. The molecule has 0 radical (unpaired) electrons. The van der Waals surface area contributed by atoms with Gasteiger partial charge in [0.15, 0.2) is 0 Å². The summed E-state index contributed by atoms with van der Waals surface area (Å²) in [5.74, 6) is 0.502. The molecule has 1 aliphatic heterocycles. The van der Waals surface area contributed by atoms with Crippen LogP contribution in [-0.2, 0) is 10.2 Å². The van der Waals surface area contributed by atoms with Gasteiger partial charge in [-0.05, 0) is 12.1 Å². The summed E-state index contributed by atoms with van der Waals surface area (Å²) in [5, 5.41) is 0. The first-order valence-corrected chi connectivity index (χ1v) is 5.04. The predicted octanol–water partition coefficient (Wildman–Crippen LogP) is -0.0130. The highest BCUT2D eigenvalue weighted by Crippen LogP contribution is 2.14. The van der Waals surface area contributed by atoms with Crippen molar-refractivity contribution in [1.82, 2.24) is 9.29 Å². The second-order valence-electron chi connectivity index (χ2n) is 2.59. The van der Waals surface area contributed by atoms with Crippen LogP contribution in [0.2, 0.25) is 0 Å². The maximum absolute atomic E-state index is 11.3. The van der Waals surface area contributed by atoms with E-state index in [9.17, 15) is 8.42 Å². The maximum Gasteiger partial charge on any atom is 0.302 e. The highest BCUT2D eigenvalue weighted by atomic mass is 32.2. The Hall–Kier alpha value is -1.01. The lowest BCUT2D eigenvalue weighted by Gasteiger charge is -2.04. The zero-order valence-electron chi connectivity index (χ0n) is 6.32. The van der Waals surface area contributed by atoms with E-state index in [4.69, 9.17) is 0 Å². The van der Waals surface area contributed by atoms with Crippen LogP contribution in [0, 0.1) is 0 Å². The Morgan fingerprint density at radius 2 is 2.25 bits per heavy atom. The minimum Gasteiger partial charge on any atom is -0.348 e. The van der Waals surface area contributed by atoms with Crippen LogP contribution in [0.15, 0.2) is 18.3 Å². The number of hydrogen-bond acceptors (Lipinski definition) is 2. The average molecular weight is 187 g/mol. The van der Waals surface area contributed by atoms with Crippen LogP contribution in [0.3, 0.4) is 0 Å². The number of aromatic nitrogens is 1. The van der Waals surface area contributed by atoms with Gasteiger partial charge in [-0.3, -0.25) is 4.72 Å². The van der Waals surface area contributed by atoms with Gasteiger partial charge >= 0.3 is 10.2 Å². The van der Waals surface area contributed by atoms with E-state index in [-0.39, 0.29) is 0 Å². The fourth-order valence-electron chi connectivity index (χ4n) is 0.879. The molecular weight excluding hydrogens is 178 g/mol. The van der Waals surface area contributed by atoms with Crippen molar-refractivity contribution in [3.8, 4) is 0 Å². The zero-order valence-corrected chi connectivity index (χ0v) is 7.13. The first-order valence-electron chi connectivity index (χ1n) is 3.60. The van der Waals surface area contributed by atoms with Crippen molar-refractivity contribution < 1.29 is 8.42 Å². The second-order valence-corrected chi connectivity index (χ2v) is 4.26. The fraction of sp³-hybridized carbons (Fsp3) is 0.333. The molecule has 2 rings (SSSR count). The van der Waals surface area contributed by atoms with E-state index in [0.29, 0.717) is 18.9 Å². The Labute approximate surface area is 70.6 Å². The minimum absolute atomic E-state index is 0.502. The molecule has 1 aliphatic rings. The molecule has 66 valence electrons. The lowest BCUT2D eigenvalue weighted by atomic mass is 10.6. The average Bonchev–Trinajstić information content (AvgIpc) is 2.74. The van der Waals surface area contributed by atoms with Crippen LogP contribution in [0.25, 0.3) is 0 Å². The maximum atomic E-state index is 11.3. The first kappa shape index (κ1) is 7.63.